The summed E-state index contributed by atoms with van der Waals surface area (Å²) in [5, 5.41) is 12.9. The van der Waals surface area contributed by atoms with Crippen LogP contribution in [0.2, 0.25) is 20.1 Å². The van der Waals surface area contributed by atoms with Crippen LogP contribution in [0.1, 0.15) is 0 Å². The molecular weight excluding hydrogens is 506 g/mol. The second-order valence-corrected chi connectivity index (χ2v) is 7.83. The van der Waals surface area contributed by atoms with Crippen molar-refractivity contribution in [3.8, 4) is 0 Å². The van der Waals surface area contributed by atoms with Gasteiger partial charge in [-0.3, -0.25) is 20.3 Å². The normalized spacial score (nSPS) is 18.1. The minimum atomic E-state index is -0.865. The SMILES string of the molecule is O=C1C(Br)C(=Nc2cc([N+](=O)[O-])ccc2Cl)NN1c1c(Cl)cc(Cl)cc1Cl. The summed E-state index contributed by atoms with van der Waals surface area (Å²) in [4.78, 5) is 26.3. The molecular formula is C15H7BrCl4N4O3. The Hall–Kier alpha value is -1.58. The molecule has 0 aliphatic carbocycles. The number of alkyl halides is 1. The second-order valence-electron chi connectivity index (χ2n) is 5.26. The standard InChI is InChI=1S/C15H7BrCl4N4O3/c16-12-14(21-11-5-7(24(26)27)1-2-8(11)18)22-23(15(12)25)13-9(19)3-6(17)4-10(13)20/h1-5,12H,(H,21,22). The first-order valence-electron chi connectivity index (χ1n) is 7.11. The number of hydrogen-bond acceptors (Lipinski definition) is 4. The van der Waals surface area contributed by atoms with Crippen molar-refractivity contribution in [1.82, 2.24) is 5.43 Å². The van der Waals surface area contributed by atoms with E-state index in [9.17, 15) is 14.9 Å². The van der Waals surface area contributed by atoms with Gasteiger partial charge in [0.25, 0.3) is 11.6 Å². The maximum atomic E-state index is 12.6. The van der Waals surface area contributed by atoms with Crippen LogP contribution in [0.5, 0.6) is 0 Å². The van der Waals surface area contributed by atoms with E-state index in [2.05, 4.69) is 26.3 Å². The number of halogens is 5. The summed E-state index contributed by atoms with van der Waals surface area (Å²) in [5.74, 6) is -0.286. The Kier molecular flexibility index (Phi) is 5.83. The fraction of sp³-hybridized carbons (Fsp3) is 0.0667. The summed E-state index contributed by atoms with van der Waals surface area (Å²) < 4.78 is 0. The molecule has 1 heterocycles. The number of nitrogens with one attached hydrogen (secondary N) is 1. The highest BCUT2D eigenvalue weighted by Gasteiger charge is 2.38. The zero-order chi connectivity index (χ0) is 19.9. The molecule has 27 heavy (non-hydrogen) atoms. The lowest BCUT2D eigenvalue weighted by Crippen LogP contribution is -2.36. The zero-order valence-corrected chi connectivity index (χ0v) is 17.5. The van der Waals surface area contributed by atoms with E-state index in [0.717, 1.165) is 5.01 Å². The van der Waals surface area contributed by atoms with Gasteiger partial charge in [0.2, 0.25) is 0 Å². The summed E-state index contributed by atoms with van der Waals surface area (Å²) in [6, 6.07) is 6.69. The van der Waals surface area contributed by atoms with E-state index in [1.165, 1.54) is 30.3 Å². The number of amides is 1. The lowest BCUT2D eigenvalue weighted by Gasteiger charge is -2.19. The van der Waals surface area contributed by atoms with E-state index < -0.39 is 15.7 Å². The Bertz CT molecular complexity index is 978. The first-order chi connectivity index (χ1) is 12.7. The van der Waals surface area contributed by atoms with Crippen molar-refractivity contribution in [3.05, 3.63) is 60.5 Å². The first-order valence-corrected chi connectivity index (χ1v) is 9.53. The lowest BCUT2D eigenvalue weighted by atomic mass is 10.3. The van der Waals surface area contributed by atoms with Gasteiger partial charge in [0.15, 0.2) is 4.83 Å². The van der Waals surface area contributed by atoms with E-state index in [-0.39, 0.29) is 38.0 Å². The smallest absolute Gasteiger partial charge is 0.271 e. The number of hydrogen-bond donors (Lipinski definition) is 1. The molecule has 0 saturated carbocycles. The Labute approximate surface area is 181 Å². The van der Waals surface area contributed by atoms with Crippen LogP contribution < -0.4 is 10.4 Å². The maximum absolute atomic E-state index is 12.6. The number of non-ortho nitro benzene ring substituents is 1. The van der Waals surface area contributed by atoms with E-state index >= 15 is 0 Å². The third kappa shape index (κ3) is 4.00. The Morgan fingerprint density at radius 1 is 1.11 bits per heavy atom. The number of nitrogens with zero attached hydrogens (tertiary/aromatic N) is 3. The molecule has 0 bridgehead atoms. The average molecular weight is 513 g/mol. The maximum Gasteiger partial charge on any atom is 0.271 e. The minimum Gasteiger partial charge on any atom is -0.276 e. The van der Waals surface area contributed by atoms with Crippen LogP contribution in [0.4, 0.5) is 17.1 Å². The van der Waals surface area contributed by atoms with Crippen molar-refractivity contribution in [3.63, 3.8) is 0 Å². The third-order valence-corrected chi connectivity index (χ3v) is 5.43. The van der Waals surface area contributed by atoms with Crippen LogP contribution in [0.25, 0.3) is 0 Å². The number of nitro groups is 1. The molecule has 2 aromatic carbocycles. The summed E-state index contributed by atoms with van der Waals surface area (Å²) in [5.41, 5.74) is 2.92. The van der Waals surface area contributed by atoms with Gasteiger partial charge in [0.1, 0.15) is 11.5 Å². The predicted molar refractivity (Wildman–Crippen MR) is 110 cm³/mol. The number of aliphatic imine (C=N–C) groups is 1. The molecule has 3 rings (SSSR count). The molecule has 1 aliphatic rings. The fourth-order valence-corrected chi connectivity index (χ4v) is 3.84. The van der Waals surface area contributed by atoms with Gasteiger partial charge in [-0.1, -0.05) is 62.3 Å². The molecule has 2 aromatic rings. The Balaban J connectivity index is 2.01. The second kappa shape index (κ2) is 7.81. The highest BCUT2D eigenvalue weighted by atomic mass is 79.9. The van der Waals surface area contributed by atoms with Gasteiger partial charge in [0, 0.05) is 17.2 Å². The van der Waals surface area contributed by atoms with E-state index in [1.807, 2.05) is 0 Å². The average Bonchev–Trinajstić information content (AvgIpc) is 2.84. The first kappa shape index (κ1) is 20.2. The number of amidine groups is 1. The van der Waals surface area contributed by atoms with Crippen molar-refractivity contribution in [1.29, 1.82) is 0 Å². The van der Waals surface area contributed by atoms with Crippen molar-refractivity contribution >= 4 is 91.1 Å². The molecule has 7 nitrogen and oxygen atoms in total. The van der Waals surface area contributed by atoms with Gasteiger partial charge in [-0.2, -0.15) is 0 Å². The van der Waals surface area contributed by atoms with Crippen LogP contribution in [0.3, 0.4) is 0 Å². The van der Waals surface area contributed by atoms with Gasteiger partial charge < -0.3 is 0 Å². The van der Waals surface area contributed by atoms with Gasteiger partial charge in [-0.25, -0.2) is 10.0 Å². The number of anilines is 1. The van der Waals surface area contributed by atoms with E-state index in [0.29, 0.717) is 5.02 Å². The molecule has 12 heteroatoms. The van der Waals surface area contributed by atoms with Crippen LogP contribution in [-0.4, -0.2) is 21.5 Å². The summed E-state index contributed by atoms with van der Waals surface area (Å²) in [7, 11) is 0. The summed E-state index contributed by atoms with van der Waals surface area (Å²) in [6.45, 7) is 0. The molecule has 1 amide bonds. The molecule has 0 radical (unpaired) electrons. The third-order valence-electron chi connectivity index (χ3n) is 3.49. The number of benzene rings is 2. The summed E-state index contributed by atoms with van der Waals surface area (Å²) in [6.07, 6.45) is 0. The Morgan fingerprint density at radius 3 is 2.33 bits per heavy atom. The zero-order valence-electron chi connectivity index (χ0n) is 12.9. The van der Waals surface area contributed by atoms with Crippen molar-refractivity contribution in [2.45, 2.75) is 4.83 Å². The highest BCUT2D eigenvalue weighted by molar-refractivity contribution is 9.10. The monoisotopic (exact) mass is 510 g/mol. The topological polar surface area (TPSA) is 87.8 Å². The Morgan fingerprint density at radius 2 is 1.74 bits per heavy atom. The van der Waals surface area contributed by atoms with Crippen LogP contribution in [-0.2, 0) is 4.79 Å². The summed E-state index contributed by atoms with van der Waals surface area (Å²) >= 11 is 27.5. The molecule has 1 aliphatic heterocycles. The van der Waals surface area contributed by atoms with Gasteiger partial charge in [0.05, 0.1) is 25.7 Å². The van der Waals surface area contributed by atoms with Crippen LogP contribution in [0.15, 0.2) is 35.3 Å². The number of carbonyl (C=O) groups is 1. The highest BCUT2D eigenvalue weighted by Crippen LogP contribution is 2.38. The van der Waals surface area contributed by atoms with Gasteiger partial charge in [-0.15, -0.1) is 0 Å². The quantitative estimate of drug-likeness (QED) is 0.331. The fourth-order valence-electron chi connectivity index (χ4n) is 2.28. The van der Waals surface area contributed by atoms with Crippen LogP contribution >= 0.6 is 62.3 Å². The molecule has 1 atom stereocenters. The number of carbonyl (C=O) groups excluding carboxylic acids is 1. The molecule has 140 valence electrons. The van der Waals surface area contributed by atoms with E-state index in [1.54, 1.807) is 0 Å². The molecule has 0 spiro atoms. The molecule has 0 aromatic heterocycles. The molecule has 1 N–H and O–H groups in total. The van der Waals surface area contributed by atoms with Crippen molar-refractivity contribution < 1.29 is 9.72 Å². The molecule has 1 saturated heterocycles. The predicted octanol–water partition coefficient (Wildman–Crippen LogP) is 5.55. The van der Waals surface area contributed by atoms with Crippen LogP contribution in [0, 0.1) is 10.1 Å². The van der Waals surface area contributed by atoms with E-state index in [4.69, 9.17) is 46.4 Å². The largest absolute Gasteiger partial charge is 0.276 e. The number of nitro benzene ring substituents is 1. The number of rotatable bonds is 3. The van der Waals surface area contributed by atoms with Gasteiger partial charge in [-0.05, 0) is 18.2 Å². The molecule has 1 fully saturated rings. The van der Waals surface area contributed by atoms with Crippen molar-refractivity contribution in [2.75, 3.05) is 5.01 Å². The number of hydrazine groups is 1. The van der Waals surface area contributed by atoms with Crippen molar-refractivity contribution in [2.24, 2.45) is 4.99 Å². The van der Waals surface area contributed by atoms with Gasteiger partial charge >= 0.3 is 0 Å². The molecule has 1 unspecified atom stereocenters. The minimum absolute atomic E-state index is 0.126. The lowest BCUT2D eigenvalue weighted by molar-refractivity contribution is -0.384.